The van der Waals surface area contributed by atoms with Crippen LogP contribution in [0.3, 0.4) is 0 Å². The third kappa shape index (κ3) is 7.28. The molecule has 0 bridgehead atoms. The molecule has 1 aromatic heterocycles. The molecule has 26 heavy (non-hydrogen) atoms. The number of nitrogens with zero attached hydrogens (tertiary/aromatic N) is 2. The fourth-order valence-electron chi connectivity index (χ4n) is 2.28. The molecule has 0 atom stereocenters. The molecular formula is C18H26IN5OS. The molecule has 0 aliphatic heterocycles. The quantitative estimate of drug-likeness (QED) is 0.332. The van der Waals surface area contributed by atoms with Gasteiger partial charge in [-0.15, -0.1) is 35.3 Å². The SMILES string of the molecule is CN=C(NCCc1ccc(NC(C)=O)cc1)NCc1nc(C)c(C)s1.I. The molecule has 0 aliphatic carbocycles. The highest BCUT2D eigenvalue weighted by Gasteiger charge is 2.05. The third-order valence-corrected chi connectivity index (χ3v) is 4.76. The Morgan fingerprint density at radius 2 is 1.88 bits per heavy atom. The van der Waals surface area contributed by atoms with Gasteiger partial charge in [0.05, 0.1) is 12.2 Å². The first-order valence-corrected chi connectivity index (χ1v) is 9.03. The fourth-order valence-corrected chi connectivity index (χ4v) is 3.15. The molecule has 1 amide bonds. The topological polar surface area (TPSA) is 78.4 Å². The lowest BCUT2D eigenvalue weighted by atomic mass is 10.1. The van der Waals surface area contributed by atoms with Crippen molar-refractivity contribution >= 4 is 52.9 Å². The van der Waals surface area contributed by atoms with Crippen LogP contribution in [0.4, 0.5) is 5.69 Å². The zero-order valence-corrected chi connectivity index (χ0v) is 18.7. The summed E-state index contributed by atoms with van der Waals surface area (Å²) in [5.41, 5.74) is 3.10. The van der Waals surface area contributed by atoms with Crippen molar-refractivity contribution in [2.24, 2.45) is 4.99 Å². The van der Waals surface area contributed by atoms with Gasteiger partial charge in [0.15, 0.2) is 5.96 Å². The number of hydrogen-bond donors (Lipinski definition) is 3. The first-order valence-electron chi connectivity index (χ1n) is 8.22. The maximum Gasteiger partial charge on any atom is 0.221 e. The number of benzene rings is 1. The normalized spacial score (nSPS) is 10.8. The van der Waals surface area contributed by atoms with Crippen LogP contribution in [0.25, 0.3) is 0 Å². The van der Waals surface area contributed by atoms with E-state index in [4.69, 9.17) is 0 Å². The van der Waals surface area contributed by atoms with Gasteiger partial charge in [-0.2, -0.15) is 0 Å². The largest absolute Gasteiger partial charge is 0.356 e. The maximum absolute atomic E-state index is 11.0. The number of guanidine groups is 1. The molecule has 0 saturated heterocycles. The first kappa shape index (κ1) is 22.4. The molecule has 0 saturated carbocycles. The van der Waals surface area contributed by atoms with Gasteiger partial charge in [-0.25, -0.2) is 4.98 Å². The number of aromatic nitrogens is 1. The minimum atomic E-state index is -0.0603. The average molecular weight is 487 g/mol. The highest BCUT2D eigenvalue weighted by atomic mass is 127. The summed E-state index contributed by atoms with van der Waals surface area (Å²) in [7, 11) is 1.76. The van der Waals surface area contributed by atoms with E-state index in [2.05, 4.69) is 32.9 Å². The van der Waals surface area contributed by atoms with Gasteiger partial charge in [-0.1, -0.05) is 12.1 Å². The van der Waals surface area contributed by atoms with Crippen LogP contribution in [0.15, 0.2) is 29.3 Å². The van der Waals surface area contributed by atoms with Crippen LogP contribution in [-0.2, 0) is 17.8 Å². The number of hydrogen-bond acceptors (Lipinski definition) is 4. The van der Waals surface area contributed by atoms with E-state index in [1.807, 2.05) is 31.2 Å². The van der Waals surface area contributed by atoms with E-state index < -0.39 is 0 Å². The van der Waals surface area contributed by atoms with Crippen LogP contribution in [-0.4, -0.2) is 30.4 Å². The zero-order chi connectivity index (χ0) is 18.2. The minimum absolute atomic E-state index is 0. The van der Waals surface area contributed by atoms with E-state index in [1.54, 1.807) is 18.4 Å². The standard InChI is InChI=1S/C18H25N5OS.HI/c1-12-13(2)25-17(22-12)11-21-18(19-4)20-10-9-15-5-7-16(8-6-15)23-14(3)24;/h5-8H,9-11H2,1-4H3,(H,23,24)(H2,19,20,21);1H. The van der Waals surface area contributed by atoms with Crippen molar-refractivity contribution in [2.45, 2.75) is 33.7 Å². The molecule has 142 valence electrons. The third-order valence-electron chi connectivity index (χ3n) is 3.68. The highest BCUT2D eigenvalue weighted by molar-refractivity contribution is 14.0. The van der Waals surface area contributed by atoms with Gasteiger partial charge in [0.2, 0.25) is 5.91 Å². The van der Waals surface area contributed by atoms with Crippen LogP contribution >= 0.6 is 35.3 Å². The summed E-state index contributed by atoms with van der Waals surface area (Å²) < 4.78 is 0. The van der Waals surface area contributed by atoms with Gasteiger partial charge >= 0.3 is 0 Å². The molecule has 0 fully saturated rings. The summed E-state index contributed by atoms with van der Waals surface area (Å²) in [4.78, 5) is 21.0. The van der Waals surface area contributed by atoms with Crippen molar-refractivity contribution in [1.29, 1.82) is 0 Å². The number of amides is 1. The van der Waals surface area contributed by atoms with E-state index in [-0.39, 0.29) is 29.9 Å². The molecule has 3 N–H and O–H groups in total. The van der Waals surface area contributed by atoms with Gasteiger partial charge in [0, 0.05) is 31.1 Å². The molecule has 1 aromatic carbocycles. The Balaban J connectivity index is 0.00000338. The molecular weight excluding hydrogens is 461 g/mol. The van der Waals surface area contributed by atoms with Crippen LogP contribution in [0.5, 0.6) is 0 Å². The molecule has 0 aliphatic rings. The summed E-state index contributed by atoms with van der Waals surface area (Å²) in [6.07, 6.45) is 0.872. The lowest BCUT2D eigenvalue weighted by molar-refractivity contribution is -0.114. The van der Waals surface area contributed by atoms with Crippen molar-refractivity contribution in [2.75, 3.05) is 18.9 Å². The second kappa shape index (κ2) is 11.1. The summed E-state index contributed by atoms with van der Waals surface area (Å²) in [6, 6.07) is 7.86. The maximum atomic E-state index is 11.0. The molecule has 0 radical (unpaired) electrons. The summed E-state index contributed by atoms with van der Waals surface area (Å²) in [5, 5.41) is 10.4. The van der Waals surface area contributed by atoms with E-state index in [9.17, 15) is 4.79 Å². The zero-order valence-electron chi connectivity index (χ0n) is 15.5. The van der Waals surface area contributed by atoms with Crippen molar-refractivity contribution in [3.63, 3.8) is 0 Å². The number of carbonyl (C=O) groups excluding carboxylic acids is 1. The van der Waals surface area contributed by atoms with Crippen molar-refractivity contribution in [3.8, 4) is 0 Å². The van der Waals surface area contributed by atoms with Crippen LogP contribution in [0.2, 0.25) is 0 Å². The molecule has 1 heterocycles. The fraction of sp³-hybridized carbons (Fsp3) is 0.389. The van der Waals surface area contributed by atoms with E-state index in [0.717, 1.165) is 35.3 Å². The number of carbonyl (C=O) groups is 1. The Hall–Kier alpha value is -1.68. The Morgan fingerprint density at radius 3 is 2.42 bits per heavy atom. The van der Waals surface area contributed by atoms with Crippen molar-refractivity contribution in [1.82, 2.24) is 15.6 Å². The van der Waals surface area contributed by atoms with Gasteiger partial charge in [0.25, 0.3) is 0 Å². The van der Waals surface area contributed by atoms with Crippen LogP contribution in [0.1, 0.15) is 28.1 Å². The number of aliphatic imine (C=N–C) groups is 1. The van der Waals surface area contributed by atoms with E-state index in [1.165, 1.54) is 17.4 Å². The number of aryl methyl sites for hydroxylation is 2. The second-order valence-corrected chi connectivity index (χ2v) is 7.02. The Kier molecular flexibility index (Phi) is 9.57. The van der Waals surface area contributed by atoms with Gasteiger partial charge in [-0.3, -0.25) is 9.79 Å². The van der Waals surface area contributed by atoms with Crippen LogP contribution < -0.4 is 16.0 Å². The number of nitrogens with one attached hydrogen (secondary N) is 3. The van der Waals surface area contributed by atoms with Crippen molar-refractivity contribution < 1.29 is 4.79 Å². The molecule has 8 heteroatoms. The van der Waals surface area contributed by atoms with E-state index >= 15 is 0 Å². The minimum Gasteiger partial charge on any atom is -0.356 e. The summed E-state index contributed by atoms with van der Waals surface area (Å²) in [6.45, 7) is 7.06. The number of halogens is 1. The molecule has 2 aromatic rings. The number of thiazole rings is 1. The molecule has 2 rings (SSSR count). The molecule has 0 spiro atoms. The second-order valence-electron chi connectivity index (χ2n) is 5.73. The smallest absolute Gasteiger partial charge is 0.221 e. The Bertz CT molecular complexity index is 723. The van der Waals surface area contributed by atoms with E-state index in [0.29, 0.717) is 6.54 Å². The predicted octanol–water partition coefficient (Wildman–Crippen LogP) is 3.24. The Labute approximate surface area is 175 Å². The average Bonchev–Trinajstić information content (AvgIpc) is 2.90. The predicted molar refractivity (Wildman–Crippen MR) is 120 cm³/mol. The number of anilines is 1. The number of rotatable bonds is 6. The molecule has 6 nitrogen and oxygen atoms in total. The van der Waals surface area contributed by atoms with Gasteiger partial charge in [0.1, 0.15) is 5.01 Å². The van der Waals surface area contributed by atoms with Gasteiger partial charge in [-0.05, 0) is 38.0 Å². The monoisotopic (exact) mass is 487 g/mol. The Morgan fingerprint density at radius 1 is 1.19 bits per heavy atom. The molecule has 0 unspecified atom stereocenters. The van der Waals surface area contributed by atoms with Gasteiger partial charge < -0.3 is 16.0 Å². The van der Waals surface area contributed by atoms with Crippen LogP contribution in [0, 0.1) is 13.8 Å². The lowest BCUT2D eigenvalue weighted by Crippen LogP contribution is -2.37. The highest BCUT2D eigenvalue weighted by Crippen LogP contribution is 2.15. The summed E-state index contributed by atoms with van der Waals surface area (Å²) >= 11 is 1.71. The first-order chi connectivity index (χ1) is 12.0. The van der Waals surface area contributed by atoms with Crippen molar-refractivity contribution in [3.05, 3.63) is 45.4 Å². The summed E-state index contributed by atoms with van der Waals surface area (Å²) in [5.74, 6) is 0.704. The lowest BCUT2D eigenvalue weighted by Gasteiger charge is -2.11.